The van der Waals surface area contributed by atoms with E-state index in [1.807, 2.05) is 10.7 Å². The Morgan fingerprint density at radius 3 is 2.70 bits per heavy atom. The molecule has 108 valence electrons. The van der Waals surface area contributed by atoms with Crippen LogP contribution in [0.2, 0.25) is 0 Å². The maximum absolute atomic E-state index is 13.3. The molecule has 0 radical (unpaired) electrons. The lowest BCUT2D eigenvalue weighted by molar-refractivity contribution is 0.589. The quantitative estimate of drug-likeness (QED) is 0.731. The predicted octanol–water partition coefficient (Wildman–Crippen LogP) is 4.17. The van der Waals surface area contributed by atoms with E-state index in [9.17, 15) is 4.39 Å². The van der Waals surface area contributed by atoms with Crippen molar-refractivity contribution >= 4 is 11.6 Å². The molecule has 2 nitrogen and oxygen atoms in total. The molecule has 20 heavy (non-hydrogen) atoms. The number of hydrogen-bond acceptors (Lipinski definition) is 1. The summed E-state index contributed by atoms with van der Waals surface area (Å²) >= 11 is 6.09. The van der Waals surface area contributed by atoms with Gasteiger partial charge in [0, 0.05) is 24.0 Å². The first kappa shape index (κ1) is 15.0. The molecule has 1 unspecified atom stereocenters. The van der Waals surface area contributed by atoms with Crippen LogP contribution in [0.1, 0.15) is 36.7 Å². The molecule has 1 heterocycles. The van der Waals surface area contributed by atoms with Crippen molar-refractivity contribution in [2.24, 2.45) is 0 Å². The molecule has 1 aromatic carbocycles. The zero-order valence-electron chi connectivity index (χ0n) is 11.9. The number of aryl methyl sites for hydroxylation is 2. The Hall–Kier alpha value is -1.35. The maximum Gasteiger partial charge on any atom is 0.123 e. The van der Waals surface area contributed by atoms with Crippen LogP contribution in [0, 0.1) is 5.82 Å². The molecule has 0 aliphatic carbocycles. The fourth-order valence-electron chi connectivity index (χ4n) is 2.40. The van der Waals surface area contributed by atoms with Crippen molar-refractivity contribution in [3.63, 3.8) is 0 Å². The molecule has 0 fully saturated rings. The van der Waals surface area contributed by atoms with Crippen LogP contribution < -0.4 is 0 Å². The first-order chi connectivity index (χ1) is 9.67. The van der Waals surface area contributed by atoms with Crippen molar-refractivity contribution in [3.05, 3.63) is 53.1 Å². The molecule has 1 aromatic heterocycles. The smallest absolute Gasteiger partial charge is 0.123 e. The Balaban J connectivity index is 2.24. The van der Waals surface area contributed by atoms with Crippen LogP contribution in [0.3, 0.4) is 0 Å². The normalized spacial score (nSPS) is 12.6. The SMILES string of the molecule is CCc1cc(CC(CCl)c2cccc(F)c2)n(CC)n1. The molecule has 0 amide bonds. The largest absolute Gasteiger partial charge is 0.270 e. The molecule has 0 aliphatic heterocycles. The molecule has 0 saturated heterocycles. The Kier molecular flexibility index (Phi) is 5.18. The van der Waals surface area contributed by atoms with Gasteiger partial charge >= 0.3 is 0 Å². The van der Waals surface area contributed by atoms with E-state index in [1.54, 1.807) is 12.1 Å². The minimum Gasteiger partial charge on any atom is -0.270 e. The molecule has 2 rings (SSSR count). The van der Waals surface area contributed by atoms with Gasteiger partial charge in [0.15, 0.2) is 0 Å². The molecule has 2 aromatic rings. The van der Waals surface area contributed by atoms with Crippen LogP contribution in [-0.2, 0) is 19.4 Å². The standard InChI is InChI=1S/C16H20ClFN2/c1-3-15-10-16(20(4-2)19-15)9-13(11-17)12-6-5-7-14(18)8-12/h5-8,10,13H,3-4,9,11H2,1-2H3. The fourth-order valence-corrected chi connectivity index (χ4v) is 2.69. The molecule has 0 aliphatic rings. The summed E-state index contributed by atoms with van der Waals surface area (Å²) in [5, 5.41) is 4.55. The third-order valence-electron chi connectivity index (χ3n) is 3.54. The Morgan fingerprint density at radius 1 is 1.30 bits per heavy atom. The Morgan fingerprint density at radius 2 is 2.10 bits per heavy atom. The monoisotopic (exact) mass is 294 g/mol. The first-order valence-electron chi connectivity index (χ1n) is 7.04. The van der Waals surface area contributed by atoms with Crippen molar-refractivity contribution in [1.29, 1.82) is 0 Å². The second-order valence-corrected chi connectivity index (χ2v) is 5.22. The maximum atomic E-state index is 13.3. The highest BCUT2D eigenvalue weighted by Gasteiger charge is 2.15. The fraction of sp³-hybridized carbons (Fsp3) is 0.438. The molecule has 0 saturated carbocycles. The number of benzene rings is 1. The number of rotatable bonds is 6. The second kappa shape index (κ2) is 6.89. The van der Waals surface area contributed by atoms with Crippen LogP contribution in [-0.4, -0.2) is 15.7 Å². The van der Waals surface area contributed by atoms with Crippen LogP contribution in [0.15, 0.2) is 30.3 Å². The lowest BCUT2D eigenvalue weighted by atomic mass is 9.95. The van der Waals surface area contributed by atoms with Crippen molar-refractivity contribution in [3.8, 4) is 0 Å². The first-order valence-corrected chi connectivity index (χ1v) is 7.58. The molecule has 0 spiro atoms. The molecular formula is C16H20ClFN2. The van der Waals surface area contributed by atoms with Crippen LogP contribution in [0.4, 0.5) is 4.39 Å². The number of halogens is 2. The van der Waals surface area contributed by atoms with Gasteiger partial charge in [-0.25, -0.2) is 4.39 Å². The Bertz CT molecular complexity index is 565. The van der Waals surface area contributed by atoms with Gasteiger partial charge in [0.25, 0.3) is 0 Å². The molecule has 4 heteroatoms. The summed E-state index contributed by atoms with van der Waals surface area (Å²) in [5.41, 5.74) is 3.20. The Labute approximate surface area is 124 Å². The topological polar surface area (TPSA) is 17.8 Å². The summed E-state index contributed by atoms with van der Waals surface area (Å²) in [5.74, 6) is 0.370. The van der Waals surface area contributed by atoms with Crippen LogP contribution in [0.5, 0.6) is 0 Å². The number of aromatic nitrogens is 2. The highest BCUT2D eigenvalue weighted by molar-refractivity contribution is 6.18. The van der Waals surface area contributed by atoms with E-state index in [0.29, 0.717) is 5.88 Å². The summed E-state index contributed by atoms with van der Waals surface area (Å²) in [6, 6.07) is 8.82. The van der Waals surface area contributed by atoms with Crippen molar-refractivity contribution < 1.29 is 4.39 Å². The van der Waals surface area contributed by atoms with Gasteiger partial charge in [0.1, 0.15) is 5.82 Å². The molecule has 0 N–H and O–H groups in total. The minimum atomic E-state index is -0.212. The number of alkyl halides is 1. The van der Waals surface area contributed by atoms with E-state index in [-0.39, 0.29) is 11.7 Å². The van der Waals surface area contributed by atoms with E-state index in [1.165, 1.54) is 11.8 Å². The van der Waals surface area contributed by atoms with Gasteiger partial charge in [0.2, 0.25) is 0 Å². The summed E-state index contributed by atoms with van der Waals surface area (Å²) < 4.78 is 15.4. The van der Waals surface area contributed by atoms with E-state index in [2.05, 4.69) is 25.0 Å². The van der Waals surface area contributed by atoms with E-state index < -0.39 is 0 Å². The highest BCUT2D eigenvalue weighted by atomic mass is 35.5. The summed E-state index contributed by atoms with van der Waals surface area (Å²) in [6.07, 6.45) is 1.71. The summed E-state index contributed by atoms with van der Waals surface area (Å²) in [4.78, 5) is 0. The lowest BCUT2D eigenvalue weighted by Crippen LogP contribution is -2.10. The highest BCUT2D eigenvalue weighted by Crippen LogP contribution is 2.23. The van der Waals surface area contributed by atoms with Crippen LogP contribution in [0.25, 0.3) is 0 Å². The van der Waals surface area contributed by atoms with Gasteiger partial charge in [-0.1, -0.05) is 19.1 Å². The van der Waals surface area contributed by atoms with E-state index in [4.69, 9.17) is 11.6 Å². The van der Waals surface area contributed by atoms with E-state index >= 15 is 0 Å². The molecule has 0 bridgehead atoms. The molecular weight excluding hydrogens is 275 g/mol. The predicted molar refractivity (Wildman–Crippen MR) is 80.8 cm³/mol. The lowest BCUT2D eigenvalue weighted by Gasteiger charge is -2.15. The third kappa shape index (κ3) is 3.40. The van der Waals surface area contributed by atoms with Crippen molar-refractivity contribution in [2.45, 2.75) is 39.2 Å². The number of nitrogens with zero attached hydrogens (tertiary/aromatic N) is 2. The van der Waals surface area contributed by atoms with Crippen molar-refractivity contribution in [2.75, 3.05) is 5.88 Å². The summed E-state index contributed by atoms with van der Waals surface area (Å²) in [7, 11) is 0. The van der Waals surface area contributed by atoms with Gasteiger partial charge in [-0.05, 0) is 43.5 Å². The van der Waals surface area contributed by atoms with Crippen molar-refractivity contribution in [1.82, 2.24) is 9.78 Å². The number of hydrogen-bond donors (Lipinski definition) is 0. The minimum absolute atomic E-state index is 0.110. The van der Waals surface area contributed by atoms with Gasteiger partial charge in [-0.2, -0.15) is 5.10 Å². The van der Waals surface area contributed by atoms with E-state index in [0.717, 1.165) is 30.6 Å². The van der Waals surface area contributed by atoms with Gasteiger partial charge in [0.05, 0.1) is 5.69 Å². The van der Waals surface area contributed by atoms with Crippen LogP contribution >= 0.6 is 11.6 Å². The molecule has 1 atom stereocenters. The third-order valence-corrected chi connectivity index (χ3v) is 3.91. The second-order valence-electron chi connectivity index (χ2n) is 4.91. The van der Waals surface area contributed by atoms with Gasteiger partial charge in [-0.3, -0.25) is 4.68 Å². The summed E-state index contributed by atoms with van der Waals surface area (Å²) in [6.45, 7) is 5.01. The average Bonchev–Trinajstić information content (AvgIpc) is 2.87. The zero-order chi connectivity index (χ0) is 14.5. The van der Waals surface area contributed by atoms with Gasteiger partial charge < -0.3 is 0 Å². The average molecular weight is 295 g/mol. The zero-order valence-corrected chi connectivity index (χ0v) is 12.7. The van der Waals surface area contributed by atoms with Gasteiger partial charge in [-0.15, -0.1) is 11.6 Å².